The number of benzene rings is 1. The molecule has 1 aromatic rings. The number of ether oxygens (including phenoxy) is 1. The first-order valence-corrected chi connectivity index (χ1v) is 8.28. The van der Waals surface area contributed by atoms with E-state index >= 15 is 0 Å². The molecule has 0 atom stereocenters. The maximum atomic E-state index is 5.83. The largest absolute Gasteiger partial charge is 0.494 e. The summed E-state index contributed by atoms with van der Waals surface area (Å²) in [6.07, 6.45) is 11.0. The van der Waals surface area contributed by atoms with Crippen molar-refractivity contribution in [1.29, 1.82) is 0 Å². The van der Waals surface area contributed by atoms with Gasteiger partial charge in [-0.05, 0) is 56.1 Å². The molecule has 2 saturated carbocycles. The molecule has 0 amide bonds. The Kier molecular flexibility index (Phi) is 4.62. The van der Waals surface area contributed by atoms with E-state index < -0.39 is 0 Å². The third-order valence-electron chi connectivity index (χ3n) is 4.87. The summed E-state index contributed by atoms with van der Waals surface area (Å²) in [4.78, 5) is 0. The van der Waals surface area contributed by atoms with Gasteiger partial charge in [0.15, 0.2) is 0 Å². The smallest absolute Gasteiger partial charge is 0.119 e. The van der Waals surface area contributed by atoms with E-state index in [1.807, 2.05) is 30.3 Å². The molecule has 3 rings (SSSR count). The Balaban J connectivity index is 1.40. The van der Waals surface area contributed by atoms with E-state index in [0.717, 1.165) is 18.4 Å². The molecule has 1 aromatic carbocycles. The van der Waals surface area contributed by atoms with Crippen LogP contribution in [-0.2, 0) is 0 Å². The van der Waals surface area contributed by atoms with Crippen molar-refractivity contribution in [2.45, 2.75) is 57.4 Å². The maximum Gasteiger partial charge on any atom is 0.119 e. The van der Waals surface area contributed by atoms with Crippen molar-refractivity contribution in [1.82, 2.24) is 5.32 Å². The zero-order valence-corrected chi connectivity index (χ0v) is 12.4. The van der Waals surface area contributed by atoms with Crippen LogP contribution in [0.25, 0.3) is 0 Å². The number of hydrogen-bond acceptors (Lipinski definition) is 2. The normalized spacial score (nSPS) is 21.0. The minimum Gasteiger partial charge on any atom is -0.494 e. The highest BCUT2D eigenvalue weighted by molar-refractivity contribution is 5.20. The third kappa shape index (κ3) is 3.99. The van der Waals surface area contributed by atoms with E-state index in [2.05, 4.69) is 5.32 Å². The first-order chi connectivity index (χ1) is 9.86. The molecule has 0 spiro atoms. The molecular formula is C18H27NO. The van der Waals surface area contributed by atoms with Crippen LogP contribution in [0.4, 0.5) is 0 Å². The van der Waals surface area contributed by atoms with Crippen LogP contribution in [0.1, 0.15) is 51.4 Å². The fraction of sp³-hybridized carbons (Fsp3) is 0.667. The summed E-state index contributed by atoms with van der Waals surface area (Å²) in [5, 5.41) is 3.76. The highest BCUT2D eigenvalue weighted by Gasteiger charge is 2.34. The van der Waals surface area contributed by atoms with Crippen LogP contribution >= 0.6 is 0 Å². The maximum absolute atomic E-state index is 5.83. The fourth-order valence-corrected chi connectivity index (χ4v) is 3.44. The summed E-state index contributed by atoms with van der Waals surface area (Å²) in [7, 11) is 0. The molecule has 0 aromatic heterocycles. The molecule has 0 heterocycles. The van der Waals surface area contributed by atoms with Crippen molar-refractivity contribution in [3.8, 4) is 5.75 Å². The van der Waals surface area contributed by atoms with Crippen molar-refractivity contribution >= 4 is 0 Å². The molecule has 1 N–H and O–H groups in total. The van der Waals surface area contributed by atoms with E-state index in [9.17, 15) is 0 Å². The second-order valence-corrected chi connectivity index (χ2v) is 6.63. The van der Waals surface area contributed by atoms with Crippen LogP contribution in [-0.4, -0.2) is 19.2 Å². The van der Waals surface area contributed by atoms with Crippen LogP contribution in [0, 0.1) is 5.41 Å². The van der Waals surface area contributed by atoms with E-state index in [0.29, 0.717) is 5.41 Å². The van der Waals surface area contributed by atoms with Crippen molar-refractivity contribution < 1.29 is 4.74 Å². The van der Waals surface area contributed by atoms with E-state index in [-0.39, 0.29) is 0 Å². The standard InChI is InChI=1S/C18H27NO/c1-2-7-17(8-3-1)20-14-6-13-18(11-4-5-12-18)15-19-16-9-10-16/h1-3,7-8,16,19H,4-6,9-15H2. The molecule has 0 aliphatic heterocycles. The van der Waals surface area contributed by atoms with Gasteiger partial charge in [-0.25, -0.2) is 0 Å². The number of rotatable bonds is 8. The van der Waals surface area contributed by atoms with E-state index in [4.69, 9.17) is 4.74 Å². The van der Waals surface area contributed by atoms with Crippen LogP contribution in [0.3, 0.4) is 0 Å². The van der Waals surface area contributed by atoms with Crippen molar-refractivity contribution in [3.05, 3.63) is 30.3 Å². The van der Waals surface area contributed by atoms with Gasteiger partial charge in [0.05, 0.1) is 6.61 Å². The van der Waals surface area contributed by atoms with Gasteiger partial charge >= 0.3 is 0 Å². The van der Waals surface area contributed by atoms with Crippen molar-refractivity contribution in [3.63, 3.8) is 0 Å². The van der Waals surface area contributed by atoms with Gasteiger partial charge < -0.3 is 10.1 Å². The Labute approximate surface area is 122 Å². The number of para-hydroxylation sites is 1. The third-order valence-corrected chi connectivity index (χ3v) is 4.87. The minimum absolute atomic E-state index is 0.572. The molecule has 0 saturated heterocycles. The van der Waals surface area contributed by atoms with Crippen LogP contribution < -0.4 is 10.1 Å². The molecule has 20 heavy (non-hydrogen) atoms. The van der Waals surface area contributed by atoms with Gasteiger partial charge in [0, 0.05) is 12.6 Å². The second kappa shape index (κ2) is 6.62. The molecule has 2 fully saturated rings. The first kappa shape index (κ1) is 13.9. The van der Waals surface area contributed by atoms with Gasteiger partial charge in [-0.1, -0.05) is 31.0 Å². The van der Waals surface area contributed by atoms with Gasteiger partial charge in [-0.3, -0.25) is 0 Å². The molecular weight excluding hydrogens is 246 g/mol. The molecule has 2 nitrogen and oxygen atoms in total. The van der Waals surface area contributed by atoms with Gasteiger partial charge in [-0.15, -0.1) is 0 Å². The predicted octanol–water partition coefficient (Wildman–Crippen LogP) is 4.16. The Bertz CT molecular complexity index is 393. The van der Waals surface area contributed by atoms with Crippen LogP contribution in [0.15, 0.2) is 30.3 Å². The lowest BCUT2D eigenvalue weighted by molar-refractivity contribution is 0.218. The molecule has 2 heteroatoms. The summed E-state index contributed by atoms with van der Waals surface area (Å²) in [6.45, 7) is 2.10. The number of nitrogens with one attached hydrogen (secondary N) is 1. The summed E-state index contributed by atoms with van der Waals surface area (Å²) in [5.74, 6) is 1.00. The Morgan fingerprint density at radius 3 is 2.55 bits per heavy atom. The fourth-order valence-electron chi connectivity index (χ4n) is 3.44. The van der Waals surface area contributed by atoms with Gasteiger partial charge in [-0.2, -0.15) is 0 Å². The lowest BCUT2D eigenvalue weighted by Crippen LogP contribution is -2.33. The van der Waals surface area contributed by atoms with Gasteiger partial charge in [0.1, 0.15) is 5.75 Å². The first-order valence-electron chi connectivity index (χ1n) is 8.28. The molecule has 2 aliphatic carbocycles. The van der Waals surface area contributed by atoms with Gasteiger partial charge in [0.25, 0.3) is 0 Å². The van der Waals surface area contributed by atoms with Crippen molar-refractivity contribution in [2.75, 3.05) is 13.2 Å². The minimum atomic E-state index is 0.572. The number of hydrogen-bond donors (Lipinski definition) is 1. The highest BCUT2D eigenvalue weighted by atomic mass is 16.5. The average molecular weight is 273 g/mol. The lowest BCUT2D eigenvalue weighted by atomic mass is 9.81. The quantitative estimate of drug-likeness (QED) is 0.718. The zero-order valence-electron chi connectivity index (χ0n) is 12.4. The summed E-state index contributed by atoms with van der Waals surface area (Å²) in [6, 6.07) is 11.0. The SMILES string of the molecule is c1ccc(OCCCC2(CNC3CC3)CCCC2)cc1. The van der Waals surface area contributed by atoms with Crippen LogP contribution in [0.2, 0.25) is 0 Å². The van der Waals surface area contributed by atoms with Crippen molar-refractivity contribution in [2.24, 2.45) is 5.41 Å². The molecule has 0 radical (unpaired) electrons. The lowest BCUT2D eigenvalue weighted by Gasteiger charge is -2.29. The van der Waals surface area contributed by atoms with E-state index in [1.54, 1.807) is 0 Å². The second-order valence-electron chi connectivity index (χ2n) is 6.63. The Hall–Kier alpha value is -1.02. The molecule has 0 bridgehead atoms. The van der Waals surface area contributed by atoms with Gasteiger partial charge in [0.2, 0.25) is 0 Å². The Morgan fingerprint density at radius 2 is 1.85 bits per heavy atom. The highest BCUT2D eigenvalue weighted by Crippen LogP contribution is 2.42. The Morgan fingerprint density at radius 1 is 1.10 bits per heavy atom. The molecule has 0 unspecified atom stereocenters. The van der Waals surface area contributed by atoms with Crippen LogP contribution in [0.5, 0.6) is 5.75 Å². The summed E-state index contributed by atoms with van der Waals surface area (Å²) >= 11 is 0. The predicted molar refractivity (Wildman–Crippen MR) is 83.1 cm³/mol. The average Bonchev–Trinajstić information content (AvgIpc) is 3.21. The van der Waals surface area contributed by atoms with E-state index in [1.165, 1.54) is 57.9 Å². The zero-order chi connectivity index (χ0) is 13.7. The topological polar surface area (TPSA) is 21.3 Å². The molecule has 110 valence electrons. The summed E-state index contributed by atoms with van der Waals surface area (Å²) < 4.78 is 5.83. The summed E-state index contributed by atoms with van der Waals surface area (Å²) in [5.41, 5.74) is 0.572. The monoisotopic (exact) mass is 273 g/mol. The molecule has 2 aliphatic rings.